The minimum absolute atomic E-state index is 0.0450. The molecule has 1 heterocycles. The van der Waals surface area contributed by atoms with Crippen LogP contribution in [0.4, 0.5) is 5.69 Å². The van der Waals surface area contributed by atoms with Crippen LogP contribution < -0.4 is 15.4 Å². The smallest absolute Gasteiger partial charge is 0.261 e. The molecular weight excluding hydrogens is 509 g/mol. The lowest BCUT2D eigenvalue weighted by Crippen LogP contribution is -2.34. The van der Waals surface area contributed by atoms with Crippen LogP contribution in [-0.4, -0.2) is 23.1 Å². The molecule has 0 fully saturated rings. The van der Waals surface area contributed by atoms with Crippen molar-refractivity contribution in [2.45, 2.75) is 0 Å². The standard InChI is InChI=1S/C22H14Cl3N3O2S2/c1-30-17-7-6-11(23)8-13(17)20(29)28-22(31)27-19-14(9-12(24)10-15(19)25)21-26-16-4-2-3-5-18(16)32-21/h2-10H,1H3,(H2,27,28,29,31). The van der Waals surface area contributed by atoms with E-state index in [1.807, 2.05) is 24.3 Å². The molecule has 0 spiro atoms. The van der Waals surface area contributed by atoms with Crippen molar-refractivity contribution in [2.24, 2.45) is 0 Å². The van der Waals surface area contributed by atoms with Crippen molar-refractivity contribution in [1.82, 2.24) is 10.3 Å². The minimum atomic E-state index is -0.478. The maximum Gasteiger partial charge on any atom is 0.261 e. The molecule has 0 aliphatic heterocycles. The molecule has 3 aromatic carbocycles. The fourth-order valence-electron chi connectivity index (χ4n) is 3.03. The number of thiazole rings is 1. The number of hydrogen-bond donors (Lipinski definition) is 2. The van der Waals surface area contributed by atoms with Crippen LogP contribution in [0.15, 0.2) is 54.6 Å². The summed E-state index contributed by atoms with van der Waals surface area (Å²) < 4.78 is 6.26. The first-order chi connectivity index (χ1) is 15.4. The number of aromatic nitrogens is 1. The zero-order valence-electron chi connectivity index (χ0n) is 16.4. The maximum absolute atomic E-state index is 12.7. The molecule has 1 amide bonds. The first-order valence-electron chi connectivity index (χ1n) is 9.16. The molecule has 32 heavy (non-hydrogen) atoms. The van der Waals surface area contributed by atoms with Crippen molar-refractivity contribution in [3.8, 4) is 16.3 Å². The van der Waals surface area contributed by atoms with Crippen molar-refractivity contribution < 1.29 is 9.53 Å². The van der Waals surface area contributed by atoms with Crippen LogP contribution in [0.2, 0.25) is 15.1 Å². The van der Waals surface area contributed by atoms with Crippen molar-refractivity contribution in [2.75, 3.05) is 12.4 Å². The van der Waals surface area contributed by atoms with E-state index in [9.17, 15) is 4.79 Å². The quantitative estimate of drug-likeness (QED) is 0.281. The van der Waals surface area contributed by atoms with Crippen LogP contribution in [0.5, 0.6) is 5.75 Å². The number of amides is 1. The van der Waals surface area contributed by atoms with Gasteiger partial charge < -0.3 is 10.1 Å². The Balaban J connectivity index is 1.64. The Hall–Kier alpha value is -2.42. The third kappa shape index (κ3) is 4.82. The van der Waals surface area contributed by atoms with Crippen LogP contribution in [0.25, 0.3) is 20.8 Å². The molecule has 5 nitrogen and oxygen atoms in total. The van der Waals surface area contributed by atoms with Gasteiger partial charge in [0.25, 0.3) is 5.91 Å². The van der Waals surface area contributed by atoms with Crippen molar-refractivity contribution >= 4 is 85.3 Å². The van der Waals surface area contributed by atoms with Crippen LogP contribution in [0.1, 0.15) is 10.4 Å². The second-order valence-electron chi connectivity index (χ2n) is 6.55. The van der Waals surface area contributed by atoms with E-state index in [1.54, 1.807) is 24.3 Å². The number of halogens is 3. The van der Waals surface area contributed by atoms with Gasteiger partial charge in [-0.3, -0.25) is 10.1 Å². The topological polar surface area (TPSA) is 63.2 Å². The SMILES string of the molecule is COc1ccc(Cl)cc1C(=O)NC(=S)Nc1c(Cl)cc(Cl)cc1-c1nc2ccccc2s1. The molecule has 0 bridgehead atoms. The van der Waals surface area contributed by atoms with E-state index < -0.39 is 5.91 Å². The number of ether oxygens (including phenoxy) is 1. The number of nitrogens with one attached hydrogen (secondary N) is 2. The molecule has 0 atom stereocenters. The lowest BCUT2D eigenvalue weighted by Gasteiger charge is -2.15. The van der Waals surface area contributed by atoms with E-state index in [0.717, 1.165) is 10.2 Å². The van der Waals surface area contributed by atoms with Gasteiger partial charge in [-0.15, -0.1) is 11.3 Å². The minimum Gasteiger partial charge on any atom is -0.496 e. The summed E-state index contributed by atoms with van der Waals surface area (Å²) in [5, 5.41) is 7.57. The van der Waals surface area contributed by atoms with Crippen LogP contribution in [0, 0.1) is 0 Å². The predicted octanol–water partition coefficient (Wildman–Crippen LogP) is 7.06. The summed E-state index contributed by atoms with van der Waals surface area (Å²) in [7, 11) is 1.47. The van der Waals surface area contributed by atoms with Crippen molar-refractivity contribution in [3.63, 3.8) is 0 Å². The Morgan fingerprint density at radius 3 is 2.59 bits per heavy atom. The largest absolute Gasteiger partial charge is 0.496 e. The highest BCUT2D eigenvalue weighted by atomic mass is 35.5. The van der Waals surface area contributed by atoms with Gasteiger partial charge in [0.2, 0.25) is 0 Å². The summed E-state index contributed by atoms with van der Waals surface area (Å²) in [6.07, 6.45) is 0. The van der Waals surface area contributed by atoms with E-state index in [4.69, 9.17) is 51.8 Å². The monoisotopic (exact) mass is 521 g/mol. The Labute approximate surface area is 208 Å². The van der Waals surface area contributed by atoms with E-state index in [2.05, 4.69) is 15.6 Å². The molecule has 1 aromatic heterocycles. The molecule has 0 unspecified atom stereocenters. The zero-order chi connectivity index (χ0) is 22.8. The molecule has 2 N–H and O–H groups in total. The van der Waals surface area contributed by atoms with Crippen molar-refractivity contribution in [1.29, 1.82) is 0 Å². The highest BCUT2D eigenvalue weighted by Gasteiger charge is 2.19. The van der Waals surface area contributed by atoms with Gasteiger partial charge in [-0.05, 0) is 54.7 Å². The van der Waals surface area contributed by atoms with Crippen molar-refractivity contribution in [3.05, 3.63) is 75.2 Å². The van der Waals surface area contributed by atoms with Gasteiger partial charge in [0.1, 0.15) is 10.8 Å². The molecule has 0 radical (unpaired) electrons. The third-order valence-corrected chi connectivity index (χ3v) is 6.48. The molecule has 4 aromatic rings. The highest BCUT2D eigenvalue weighted by Crippen LogP contribution is 2.40. The Kier molecular flexibility index (Phi) is 6.83. The molecule has 0 aliphatic rings. The van der Waals surface area contributed by atoms with Crippen LogP contribution in [-0.2, 0) is 0 Å². The van der Waals surface area contributed by atoms with E-state index in [-0.39, 0.29) is 10.7 Å². The third-order valence-electron chi connectivity index (χ3n) is 4.45. The Morgan fingerprint density at radius 2 is 1.84 bits per heavy atom. The lowest BCUT2D eigenvalue weighted by molar-refractivity contribution is 0.0975. The van der Waals surface area contributed by atoms with Gasteiger partial charge in [0.05, 0.1) is 33.6 Å². The lowest BCUT2D eigenvalue weighted by atomic mass is 10.1. The number of nitrogens with zero attached hydrogens (tertiary/aromatic N) is 1. The fourth-order valence-corrected chi connectivity index (χ4v) is 4.93. The molecule has 10 heteroatoms. The molecule has 0 saturated carbocycles. The molecular formula is C22H14Cl3N3O2S2. The van der Waals surface area contributed by atoms with Gasteiger partial charge >= 0.3 is 0 Å². The maximum atomic E-state index is 12.7. The number of benzene rings is 3. The summed E-state index contributed by atoms with van der Waals surface area (Å²) in [5.41, 5.74) is 2.26. The molecule has 162 valence electrons. The number of hydrogen-bond acceptors (Lipinski definition) is 5. The summed E-state index contributed by atoms with van der Waals surface area (Å²) in [5.74, 6) is -0.108. The number of thiocarbonyl (C=S) groups is 1. The van der Waals surface area contributed by atoms with Gasteiger partial charge in [0, 0.05) is 15.6 Å². The van der Waals surface area contributed by atoms with E-state index in [0.29, 0.717) is 37.1 Å². The first kappa shape index (κ1) is 22.8. The fraction of sp³-hybridized carbons (Fsp3) is 0.0455. The predicted molar refractivity (Wildman–Crippen MR) is 137 cm³/mol. The van der Waals surface area contributed by atoms with Gasteiger partial charge in [-0.25, -0.2) is 4.98 Å². The van der Waals surface area contributed by atoms with Gasteiger partial charge in [0.15, 0.2) is 5.11 Å². The molecule has 0 saturated heterocycles. The zero-order valence-corrected chi connectivity index (χ0v) is 20.3. The second-order valence-corrected chi connectivity index (χ2v) is 9.27. The number of anilines is 1. The van der Waals surface area contributed by atoms with E-state index >= 15 is 0 Å². The molecule has 4 rings (SSSR count). The molecule has 0 aliphatic carbocycles. The van der Waals surface area contributed by atoms with Crippen LogP contribution >= 0.6 is 58.4 Å². The number of carbonyl (C=O) groups excluding carboxylic acids is 1. The first-order valence-corrected chi connectivity index (χ1v) is 11.5. The average molecular weight is 523 g/mol. The summed E-state index contributed by atoms with van der Waals surface area (Å²) in [6.45, 7) is 0. The summed E-state index contributed by atoms with van der Waals surface area (Å²) in [4.78, 5) is 17.4. The number of methoxy groups -OCH3 is 1. The second kappa shape index (κ2) is 9.60. The number of carbonyl (C=O) groups is 1. The Morgan fingerprint density at radius 1 is 1.06 bits per heavy atom. The number of rotatable bonds is 4. The van der Waals surface area contributed by atoms with Crippen LogP contribution in [0.3, 0.4) is 0 Å². The average Bonchev–Trinajstić information content (AvgIpc) is 3.19. The highest BCUT2D eigenvalue weighted by molar-refractivity contribution is 7.80. The summed E-state index contributed by atoms with van der Waals surface area (Å²) >= 11 is 25.6. The normalized spacial score (nSPS) is 10.8. The summed E-state index contributed by atoms with van der Waals surface area (Å²) in [6, 6.07) is 15.9. The number of fused-ring (bicyclic) bond motifs is 1. The van der Waals surface area contributed by atoms with Gasteiger partial charge in [-0.1, -0.05) is 46.9 Å². The Bertz CT molecular complexity index is 1320. The van der Waals surface area contributed by atoms with E-state index in [1.165, 1.54) is 24.5 Å². The number of para-hydroxylation sites is 1. The van der Waals surface area contributed by atoms with Gasteiger partial charge in [-0.2, -0.15) is 0 Å².